The van der Waals surface area contributed by atoms with Gasteiger partial charge in [0, 0.05) is 49.9 Å². The average Bonchev–Trinajstić information content (AvgIpc) is 3.29. The molecular weight excluding hydrogens is 386 g/mol. The Labute approximate surface area is 162 Å². The normalized spacial score (nSPS) is 23.1. The number of nitro groups is 1. The first-order valence-corrected chi connectivity index (χ1v) is 11.0. The summed E-state index contributed by atoms with van der Waals surface area (Å²) in [5.41, 5.74) is 0.674. The van der Waals surface area contributed by atoms with E-state index in [0.29, 0.717) is 29.6 Å². The molecule has 1 unspecified atom stereocenters. The first kappa shape index (κ1) is 19.0. The van der Waals surface area contributed by atoms with E-state index in [4.69, 9.17) is 4.52 Å². The van der Waals surface area contributed by atoms with E-state index in [1.807, 2.05) is 0 Å². The molecule has 11 heteroatoms. The predicted molar refractivity (Wildman–Crippen MR) is 100 cm³/mol. The molecule has 2 aliphatic heterocycles. The summed E-state index contributed by atoms with van der Waals surface area (Å²) < 4.78 is 28.6. The summed E-state index contributed by atoms with van der Waals surface area (Å²) in [7, 11) is -2.86. The maximum Gasteiger partial charge on any atom is 0.269 e. The van der Waals surface area contributed by atoms with Crippen LogP contribution in [0.5, 0.6) is 0 Å². The Hall–Kier alpha value is -2.37. The number of non-ortho nitro benzene ring substituents is 1. The molecule has 0 N–H and O–H groups in total. The van der Waals surface area contributed by atoms with Crippen molar-refractivity contribution in [2.45, 2.75) is 19.0 Å². The molecule has 0 radical (unpaired) electrons. The molecule has 28 heavy (non-hydrogen) atoms. The summed E-state index contributed by atoms with van der Waals surface area (Å²) in [4.78, 5) is 19.1. The zero-order chi connectivity index (χ0) is 19.7. The lowest BCUT2D eigenvalue weighted by Gasteiger charge is -2.37. The van der Waals surface area contributed by atoms with Gasteiger partial charge in [0.15, 0.2) is 9.84 Å². The summed E-state index contributed by atoms with van der Waals surface area (Å²) in [5, 5.41) is 14.7. The molecule has 0 spiro atoms. The third-order valence-electron chi connectivity index (χ3n) is 5.29. The van der Waals surface area contributed by atoms with Gasteiger partial charge in [0.25, 0.3) is 5.69 Å². The smallest absolute Gasteiger partial charge is 0.269 e. The standard InChI is InChI=1S/C17H21N5O5S/c23-22(24)14-3-1-13(2-4-14)17-18-16(27-19-17)11-20-6-8-21(9-7-20)15-5-10-28(25,26)12-15/h1-4,15H,5-12H2. The molecule has 1 aromatic heterocycles. The Bertz CT molecular complexity index is 951. The van der Waals surface area contributed by atoms with E-state index >= 15 is 0 Å². The monoisotopic (exact) mass is 407 g/mol. The van der Waals surface area contributed by atoms with Crippen molar-refractivity contribution < 1.29 is 17.9 Å². The topological polar surface area (TPSA) is 123 Å². The van der Waals surface area contributed by atoms with Gasteiger partial charge < -0.3 is 4.52 Å². The maximum atomic E-state index is 11.7. The summed E-state index contributed by atoms with van der Waals surface area (Å²) in [6.45, 7) is 3.79. The van der Waals surface area contributed by atoms with Crippen molar-refractivity contribution in [3.05, 3.63) is 40.3 Å². The quantitative estimate of drug-likeness (QED) is 0.526. The highest BCUT2D eigenvalue weighted by Crippen LogP contribution is 2.22. The van der Waals surface area contributed by atoms with Crippen LogP contribution in [0.4, 0.5) is 5.69 Å². The van der Waals surface area contributed by atoms with Crippen molar-refractivity contribution in [3.8, 4) is 11.4 Å². The minimum absolute atomic E-state index is 0.0143. The SMILES string of the molecule is O=[N+]([O-])c1ccc(-c2noc(CN3CCN(C4CCS(=O)(=O)C4)CC3)n2)cc1. The van der Waals surface area contributed by atoms with Crippen molar-refractivity contribution in [1.82, 2.24) is 19.9 Å². The molecule has 2 fully saturated rings. The minimum atomic E-state index is -2.86. The van der Waals surface area contributed by atoms with Gasteiger partial charge in [-0.1, -0.05) is 5.16 Å². The number of nitrogens with zero attached hydrogens (tertiary/aromatic N) is 5. The van der Waals surface area contributed by atoms with Crippen LogP contribution in [0, 0.1) is 10.1 Å². The number of hydrogen-bond donors (Lipinski definition) is 0. The average molecular weight is 407 g/mol. The van der Waals surface area contributed by atoms with Gasteiger partial charge in [-0.3, -0.25) is 19.9 Å². The molecule has 3 heterocycles. The molecule has 2 saturated heterocycles. The van der Waals surface area contributed by atoms with E-state index < -0.39 is 14.8 Å². The fourth-order valence-electron chi connectivity index (χ4n) is 3.71. The lowest BCUT2D eigenvalue weighted by Crippen LogP contribution is -2.50. The Morgan fingerprint density at radius 3 is 2.50 bits per heavy atom. The second-order valence-electron chi connectivity index (χ2n) is 7.18. The molecular formula is C17H21N5O5S. The van der Waals surface area contributed by atoms with Gasteiger partial charge in [0.05, 0.1) is 23.0 Å². The number of benzene rings is 1. The first-order valence-electron chi connectivity index (χ1n) is 9.14. The van der Waals surface area contributed by atoms with Gasteiger partial charge >= 0.3 is 0 Å². The zero-order valence-corrected chi connectivity index (χ0v) is 16.0. The van der Waals surface area contributed by atoms with Gasteiger partial charge in [-0.25, -0.2) is 8.42 Å². The second-order valence-corrected chi connectivity index (χ2v) is 9.41. The molecule has 1 atom stereocenters. The highest BCUT2D eigenvalue weighted by atomic mass is 32.2. The van der Waals surface area contributed by atoms with Gasteiger partial charge in [0.2, 0.25) is 11.7 Å². The largest absolute Gasteiger partial charge is 0.338 e. The van der Waals surface area contributed by atoms with Crippen molar-refractivity contribution in [2.75, 3.05) is 37.7 Å². The molecule has 2 aliphatic rings. The Kier molecular flexibility index (Phi) is 5.13. The second kappa shape index (κ2) is 7.57. The number of rotatable bonds is 5. The Morgan fingerprint density at radius 2 is 1.89 bits per heavy atom. The number of nitro benzene ring substituents is 1. The third kappa shape index (κ3) is 4.21. The predicted octanol–water partition coefficient (Wildman–Crippen LogP) is 0.949. The number of aromatic nitrogens is 2. The molecule has 0 saturated carbocycles. The van der Waals surface area contributed by atoms with Crippen LogP contribution in [0.15, 0.2) is 28.8 Å². The van der Waals surface area contributed by atoms with Crippen LogP contribution in [-0.4, -0.2) is 77.0 Å². The van der Waals surface area contributed by atoms with E-state index in [2.05, 4.69) is 19.9 Å². The minimum Gasteiger partial charge on any atom is -0.338 e. The van der Waals surface area contributed by atoms with Crippen molar-refractivity contribution >= 4 is 15.5 Å². The number of sulfone groups is 1. The van der Waals surface area contributed by atoms with Gasteiger partial charge in [-0.15, -0.1) is 0 Å². The third-order valence-corrected chi connectivity index (χ3v) is 7.05. The lowest BCUT2D eigenvalue weighted by atomic mass is 10.2. The highest BCUT2D eigenvalue weighted by molar-refractivity contribution is 7.91. The van der Waals surface area contributed by atoms with Gasteiger partial charge in [-0.05, 0) is 18.6 Å². The number of piperazine rings is 1. The summed E-state index contributed by atoms with van der Waals surface area (Å²) in [5.74, 6) is 1.46. The molecule has 4 rings (SSSR count). The van der Waals surface area contributed by atoms with Crippen LogP contribution >= 0.6 is 0 Å². The van der Waals surface area contributed by atoms with Crippen LogP contribution < -0.4 is 0 Å². The molecule has 10 nitrogen and oxygen atoms in total. The molecule has 150 valence electrons. The molecule has 0 amide bonds. The van der Waals surface area contributed by atoms with E-state index in [0.717, 1.165) is 32.6 Å². The van der Waals surface area contributed by atoms with Crippen LogP contribution in [0.2, 0.25) is 0 Å². The van der Waals surface area contributed by atoms with E-state index in [1.165, 1.54) is 12.1 Å². The van der Waals surface area contributed by atoms with Gasteiger partial charge in [-0.2, -0.15) is 4.98 Å². The van der Waals surface area contributed by atoms with Gasteiger partial charge in [0.1, 0.15) is 0 Å². The zero-order valence-electron chi connectivity index (χ0n) is 15.2. The molecule has 2 aromatic rings. The Balaban J connectivity index is 1.32. The summed E-state index contributed by atoms with van der Waals surface area (Å²) >= 11 is 0. The molecule has 1 aromatic carbocycles. The number of hydrogen-bond acceptors (Lipinski definition) is 9. The van der Waals surface area contributed by atoms with Crippen molar-refractivity contribution in [2.24, 2.45) is 0 Å². The van der Waals surface area contributed by atoms with Crippen LogP contribution in [-0.2, 0) is 16.4 Å². The Morgan fingerprint density at radius 1 is 1.18 bits per heavy atom. The van der Waals surface area contributed by atoms with E-state index in [9.17, 15) is 18.5 Å². The van der Waals surface area contributed by atoms with Crippen LogP contribution in [0.25, 0.3) is 11.4 Å². The highest BCUT2D eigenvalue weighted by Gasteiger charge is 2.33. The van der Waals surface area contributed by atoms with Crippen LogP contribution in [0.3, 0.4) is 0 Å². The van der Waals surface area contributed by atoms with Crippen molar-refractivity contribution in [1.29, 1.82) is 0 Å². The van der Waals surface area contributed by atoms with E-state index in [-0.39, 0.29) is 17.5 Å². The summed E-state index contributed by atoms with van der Waals surface area (Å²) in [6.07, 6.45) is 0.727. The molecule has 0 bridgehead atoms. The first-order chi connectivity index (χ1) is 13.4. The lowest BCUT2D eigenvalue weighted by molar-refractivity contribution is -0.384. The maximum absolute atomic E-state index is 11.7. The molecule has 0 aliphatic carbocycles. The fraction of sp³-hybridized carbons (Fsp3) is 0.529. The van der Waals surface area contributed by atoms with Crippen molar-refractivity contribution in [3.63, 3.8) is 0 Å². The van der Waals surface area contributed by atoms with E-state index in [1.54, 1.807) is 12.1 Å². The summed E-state index contributed by atoms with van der Waals surface area (Å²) in [6, 6.07) is 6.16. The van der Waals surface area contributed by atoms with Crippen LogP contribution in [0.1, 0.15) is 12.3 Å². The fourth-order valence-corrected chi connectivity index (χ4v) is 5.47.